The molecule has 0 spiro atoms. The number of aromatic nitrogens is 1. The molecule has 0 aliphatic heterocycles. The van der Waals surface area contributed by atoms with Gasteiger partial charge in [-0.15, -0.1) is 0 Å². The second-order valence-electron chi connectivity index (χ2n) is 2.58. The Hall–Kier alpha value is -0.801. The zero-order chi connectivity index (χ0) is 9.47. The topological polar surface area (TPSA) is 12.9 Å². The number of alkyl halides is 3. The summed E-state index contributed by atoms with van der Waals surface area (Å²) in [6.45, 7) is 0. The summed E-state index contributed by atoms with van der Waals surface area (Å²) in [5.74, 6) is 0. The minimum absolute atomic E-state index is 0.0283. The monoisotopic (exact) mass is 251 g/mol. The molecule has 68 valence electrons. The van der Waals surface area contributed by atoms with Crippen LogP contribution >= 0.6 is 0 Å². The average Bonchev–Trinajstić information content (AvgIpc) is 2.47. The Morgan fingerprint density at radius 1 is 1.23 bits per heavy atom. The van der Waals surface area contributed by atoms with Crippen LogP contribution in [0.4, 0.5) is 13.2 Å². The van der Waals surface area contributed by atoms with Crippen molar-refractivity contribution >= 4 is 24.4 Å². The molecule has 1 aromatic heterocycles. The van der Waals surface area contributed by atoms with E-state index >= 15 is 0 Å². The van der Waals surface area contributed by atoms with Gasteiger partial charge in [-0.25, -0.2) is 0 Å². The summed E-state index contributed by atoms with van der Waals surface area (Å²) < 4.78 is 41.5. The quantitative estimate of drug-likeness (QED) is 0.654. The van der Waals surface area contributed by atoms with Gasteiger partial charge in [-0.1, -0.05) is 0 Å². The van der Waals surface area contributed by atoms with E-state index in [9.17, 15) is 13.2 Å². The van der Waals surface area contributed by atoms with Crippen LogP contribution in [0.3, 0.4) is 0 Å². The average molecular weight is 250 g/mol. The Morgan fingerprint density at radius 2 is 2.00 bits per heavy atom. The molecule has 1 aromatic carbocycles. The van der Waals surface area contributed by atoms with Crippen LogP contribution in [0.5, 0.6) is 0 Å². The van der Waals surface area contributed by atoms with Crippen LogP contribution in [0.1, 0.15) is 5.56 Å². The van der Waals surface area contributed by atoms with E-state index in [1.165, 1.54) is 12.3 Å². The van der Waals surface area contributed by atoms with Crippen molar-refractivity contribution < 1.29 is 13.2 Å². The van der Waals surface area contributed by atoms with Crippen molar-refractivity contribution in [3.05, 3.63) is 30.0 Å². The van der Waals surface area contributed by atoms with Gasteiger partial charge < -0.3 is 0 Å². The SMILES string of the molecule is FC(F)(F)c1ccc2[se]ncc2c1. The first-order chi connectivity index (χ1) is 6.07. The fourth-order valence-corrected chi connectivity index (χ4v) is 2.36. The fraction of sp³-hybridized carbons (Fsp3) is 0.125. The van der Waals surface area contributed by atoms with Crippen LogP contribution in [-0.2, 0) is 6.18 Å². The van der Waals surface area contributed by atoms with Crippen molar-refractivity contribution in [3.63, 3.8) is 0 Å². The molecular formula is C8H4F3NSe. The summed E-state index contributed by atoms with van der Waals surface area (Å²) in [5, 5.41) is 0.606. The Labute approximate surface area is 78.2 Å². The van der Waals surface area contributed by atoms with E-state index in [1.807, 2.05) is 0 Å². The molecule has 2 aromatic rings. The Balaban J connectivity index is 2.61. The number of halogens is 3. The van der Waals surface area contributed by atoms with Gasteiger partial charge in [0.15, 0.2) is 0 Å². The van der Waals surface area contributed by atoms with Crippen LogP contribution in [0.2, 0.25) is 0 Å². The number of fused-ring (bicyclic) bond motifs is 1. The Bertz CT molecular complexity index is 432. The van der Waals surface area contributed by atoms with Crippen molar-refractivity contribution in [2.45, 2.75) is 6.18 Å². The third-order valence-electron chi connectivity index (χ3n) is 1.68. The molecule has 0 aliphatic carbocycles. The van der Waals surface area contributed by atoms with Crippen molar-refractivity contribution in [1.29, 1.82) is 0 Å². The molecule has 0 bridgehead atoms. The van der Waals surface area contributed by atoms with Crippen molar-refractivity contribution in [3.8, 4) is 0 Å². The molecular weight excluding hydrogens is 246 g/mol. The summed E-state index contributed by atoms with van der Waals surface area (Å²) in [6, 6.07) is 3.76. The second kappa shape index (κ2) is 2.86. The molecule has 0 radical (unpaired) electrons. The van der Waals surface area contributed by atoms with Gasteiger partial charge in [-0.2, -0.15) is 0 Å². The van der Waals surface area contributed by atoms with E-state index in [4.69, 9.17) is 0 Å². The number of hydrogen-bond acceptors (Lipinski definition) is 1. The number of benzene rings is 1. The van der Waals surface area contributed by atoms with Gasteiger partial charge in [0.1, 0.15) is 0 Å². The van der Waals surface area contributed by atoms with Gasteiger partial charge in [0.25, 0.3) is 0 Å². The van der Waals surface area contributed by atoms with Gasteiger partial charge in [-0.05, 0) is 0 Å². The molecule has 5 heteroatoms. The number of rotatable bonds is 0. The van der Waals surface area contributed by atoms with E-state index in [0.717, 1.165) is 16.4 Å². The summed E-state index contributed by atoms with van der Waals surface area (Å²) in [5.41, 5.74) is -0.601. The van der Waals surface area contributed by atoms with Crippen LogP contribution in [0.25, 0.3) is 9.65 Å². The molecule has 0 amide bonds. The summed E-state index contributed by atoms with van der Waals surface area (Å²) in [4.78, 5) is 0. The number of nitrogens with zero attached hydrogens (tertiary/aromatic N) is 1. The fourth-order valence-electron chi connectivity index (χ4n) is 1.05. The van der Waals surface area contributed by atoms with Crippen molar-refractivity contribution in [1.82, 2.24) is 3.98 Å². The summed E-state index contributed by atoms with van der Waals surface area (Å²) in [7, 11) is 0. The molecule has 0 saturated heterocycles. The molecule has 0 aliphatic rings. The molecule has 0 saturated carbocycles. The maximum absolute atomic E-state index is 12.2. The van der Waals surface area contributed by atoms with E-state index < -0.39 is 11.7 Å². The first-order valence-corrected chi connectivity index (χ1v) is 5.11. The molecule has 0 fully saturated rings. The van der Waals surface area contributed by atoms with E-state index in [2.05, 4.69) is 3.98 Å². The van der Waals surface area contributed by atoms with Crippen molar-refractivity contribution in [2.24, 2.45) is 0 Å². The third kappa shape index (κ3) is 1.62. The van der Waals surface area contributed by atoms with Gasteiger partial charge in [0.05, 0.1) is 0 Å². The van der Waals surface area contributed by atoms with Gasteiger partial charge in [-0.3, -0.25) is 0 Å². The predicted octanol–water partition coefficient (Wildman–Crippen LogP) is 2.31. The number of hydrogen-bond donors (Lipinski definition) is 0. The Morgan fingerprint density at radius 3 is 2.69 bits per heavy atom. The maximum atomic E-state index is 12.2. The summed E-state index contributed by atoms with van der Waals surface area (Å²) in [6.07, 6.45) is -2.75. The molecule has 1 heterocycles. The summed E-state index contributed by atoms with van der Waals surface area (Å²) >= 11 is -0.0283. The zero-order valence-electron chi connectivity index (χ0n) is 6.30. The third-order valence-corrected chi connectivity index (χ3v) is 3.31. The standard InChI is InChI=1S/C8H4F3NSe/c9-8(10,11)6-1-2-7-5(3-6)4-12-13-7/h1-4H. The van der Waals surface area contributed by atoms with E-state index in [1.54, 1.807) is 0 Å². The normalized spacial score (nSPS) is 12.2. The van der Waals surface area contributed by atoms with Crippen molar-refractivity contribution in [2.75, 3.05) is 0 Å². The van der Waals surface area contributed by atoms with Crippen LogP contribution in [-0.4, -0.2) is 18.7 Å². The molecule has 2 rings (SSSR count). The minimum atomic E-state index is -4.25. The van der Waals surface area contributed by atoms with Gasteiger partial charge >= 0.3 is 77.7 Å². The molecule has 0 N–H and O–H groups in total. The molecule has 13 heavy (non-hydrogen) atoms. The molecule has 1 nitrogen and oxygen atoms in total. The molecule has 0 unspecified atom stereocenters. The second-order valence-corrected chi connectivity index (χ2v) is 4.32. The van der Waals surface area contributed by atoms with E-state index in [0.29, 0.717) is 5.39 Å². The first kappa shape index (κ1) is 8.78. The predicted molar refractivity (Wildman–Crippen MR) is 43.7 cm³/mol. The zero-order valence-corrected chi connectivity index (χ0v) is 8.01. The molecule has 0 atom stereocenters. The van der Waals surface area contributed by atoms with E-state index in [-0.39, 0.29) is 14.7 Å². The van der Waals surface area contributed by atoms with Crippen LogP contribution in [0.15, 0.2) is 24.4 Å². The Kier molecular flexibility index (Phi) is 1.93. The van der Waals surface area contributed by atoms with Gasteiger partial charge in [0.2, 0.25) is 0 Å². The first-order valence-electron chi connectivity index (χ1n) is 3.49. The van der Waals surface area contributed by atoms with Gasteiger partial charge in [0, 0.05) is 0 Å². The van der Waals surface area contributed by atoms with Crippen LogP contribution in [0, 0.1) is 0 Å². The van der Waals surface area contributed by atoms with Crippen LogP contribution < -0.4 is 0 Å².